The molecule has 0 amide bonds. The second-order valence-electron chi connectivity index (χ2n) is 10.6. The average molecular weight is 563 g/mol. The number of allylic oxidation sites excluding steroid dienone is 2. The highest BCUT2D eigenvalue weighted by molar-refractivity contribution is 5.33. The van der Waals surface area contributed by atoms with Crippen molar-refractivity contribution in [1.82, 2.24) is 0 Å². The maximum Gasteiger partial charge on any atom is 0.573 e. The quantitative estimate of drug-likeness (QED) is 0.247. The predicted octanol–water partition coefficient (Wildman–Crippen LogP) is 9.62. The van der Waals surface area contributed by atoms with Crippen LogP contribution in [-0.2, 0) is 0 Å². The standard InChI is InChI=1S/C29H30F8O2/c1-17-14-24(31)27(25(32)15-17)20-8-4-18(5-9-20)2-3-19-6-10-21(11-7-19)28(33,34)38-22-12-13-26(23(30)16-22)39-29(35,36)37/h2-3,12-16,18-21H,4-11H2,1H3/b3-2+. The lowest BCUT2D eigenvalue weighted by Gasteiger charge is -2.33. The molecular weight excluding hydrogens is 532 g/mol. The van der Waals surface area contributed by atoms with Gasteiger partial charge in [0.25, 0.3) is 0 Å². The molecule has 0 aliphatic heterocycles. The Hall–Kier alpha value is -2.78. The number of hydrogen-bond acceptors (Lipinski definition) is 2. The second-order valence-corrected chi connectivity index (χ2v) is 10.6. The van der Waals surface area contributed by atoms with Crippen molar-refractivity contribution in [3.05, 3.63) is 71.1 Å². The lowest BCUT2D eigenvalue weighted by Crippen LogP contribution is -2.37. The zero-order chi connectivity index (χ0) is 28.4. The molecule has 0 radical (unpaired) electrons. The molecule has 0 atom stereocenters. The van der Waals surface area contributed by atoms with Crippen molar-refractivity contribution in [2.75, 3.05) is 0 Å². The number of rotatable bonds is 7. The van der Waals surface area contributed by atoms with E-state index in [1.54, 1.807) is 6.92 Å². The topological polar surface area (TPSA) is 18.5 Å². The fourth-order valence-electron chi connectivity index (χ4n) is 5.66. The minimum absolute atomic E-state index is 0.109. The monoisotopic (exact) mass is 562 g/mol. The summed E-state index contributed by atoms with van der Waals surface area (Å²) in [7, 11) is 0. The molecule has 2 nitrogen and oxygen atoms in total. The average Bonchev–Trinajstić information content (AvgIpc) is 2.84. The van der Waals surface area contributed by atoms with Crippen LogP contribution in [0.1, 0.15) is 68.4 Å². The molecule has 2 saturated carbocycles. The first-order valence-corrected chi connectivity index (χ1v) is 13.1. The van der Waals surface area contributed by atoms with Gasteiger partial charge in [-0.1, -0.05) is 12.2 Å². The van der Waals surface area contributed by atoms with Crippen molar-refractivity contribution < 1.29 is 44.6 Å². The summed E-state index contributed by atoms with van der Waals surface area (Å²) >= 11 is 0. The Balaban J connectivity index is 1.25. The summed E-state index contributed by atoms with van der Waals surface area (Å²) in [6.07, 6.45) is -0.338. The summed E-state index contributed by atoms with van der Waals surface area (Å²) in [5, 5.41) is 0. The number of halogens is 8. The van der Waals surface area contributed by atoms with Gasteiger partial charge in [0.2, 0.25) is 0 Å². The molecule has 0 N–H and O–H groups in total. The zero-order valence-corrected chi connectivity index (χ0v) is 21.3. The van der Waals surface area contributed by atoms with E-state index in [9.17, 15) is 35.1 Å². The van der Waals surface area contributed by atoms with Crippen LogP contribution in [0, 0.1) is 42.1 Å². The molecule has 0 spiro atoms. The molecule has 0 heterocycles. The molecule has 39 heavy (non-hydrogen) atoms. The Morgan fingerprint density at radius 2 is 1.23 bits per heavy atom. The van der Waals surface area contributed by atoms with Crippen molar-refractivity contribution >= 4 is 0 Å². The van der Waals surface area contributed by atoms with Crippen molar-refractivity contribution in [3.63, 3.8) is 0 Å². The maximum absolute atomic E-state index is 14.7. The van der Waals surface area contributed by atoms with Crippen molar-refractivity contribution in [2.24, 2.45) is 17.8 Å². The predicted molar refractivity (Wildman–Crippen MR) is 129 cm³/mol. The van der Waals surface area contributed by atoms with Crippen LogP contribution in [0.4, 0.5) is 35.1 Å². The van der Waals surface area contributed by atoms with E-state index < -0.39 is 47.3 Å². The molecule has 0 saturated heterocycles. The molecule has 2 aliphatic carbocycles. The van der Waals surface area contributed by atoms with Crippen LogP contribution in [0.25, 0.3) is 0 Å². The largest absolute Gasteiger partial charge is 0.573 e. The first-order valence-electron chi connectivity index (χ1n) is 13.1. The molecule has 2 aromatic carbocycles. The minimum atomic E-state index is -5.11. The van der Waals surface area contributed by atoms with E-state index in [0.717, 1.165) is 18.9 Å². The lowest BCUT2D eigenvalue weighted by molar-refractivity contribution is -0.275. The third-order valence-electron chi connectivity index (χ3n) is 7.69. The van der Waals surface area contributed by atoms with Crippen LogP contribution in [-0.4, -0.2) is 12.5 Å². The Morgan fingerprint density at radius 3 is 1.74 bits per heavy atom. The summed E-state index contributed by atoms with van der Waals surface area (Å²) in [4.78, 5) is 0. The third kappa shape index (κ3) is 7.66. The van der Waals surface area contributed by atoms with E-state index in [1.807, 2.05) is 6.08 Å². The van der Waals surface area contributed by atoms with Crippen LogP contribution in [0.15, 0.2) is 42.5 Å². The van der Waals surface area contributed by atoms with Gasteiger partial charge in [0.15, 0.2) is 11.6 Å². The molecule has 2 aliphatic rings. The normalized spacial score (nSPS) is 24.6. The second kappa shape index (κ2) is 11.8. The van der Waals surface area contributed by atoms with E-state index in [1.165, 1.54) is 12.1 Å². The van der Waals surface area contributed by atoms with E-state index in [4.69, 9.17) is 0 Å². The van der Waals surface area contributed by atoms with Gasteiger partial charge in [-0.25, -0.2) is 13.2 Å². The molecule has 2 fully saturated rings. The Kier molecular flexibility index (Phi) is 8.81. The Labute approximate surface area is 222 Å². The molecule has 10 heteroatoms. The Bertz CT molecular complexity index is 1140. The number of hydrogen-bond donors (Lipinski definition) is 0. The fourth-order valence-corrected chi connectivity index (χ4v) is 5.66. The smallest absolute Gasteiger partial charge is 0.432 e. The van der Waals surface area contributed by atoms with E-state index in [0.29, 0.717) is 43.4 Å². The summed E-state index contributed by atoms with van der Waals surface area (Å²) in [5.74, 6) is -5.08. The van der Waals surface area contributed by atoms with Gasteiger partial charge >= 0.3 is 12.5 Å². The highest BCUT2D eigenvalue weighted by atomic mass is 19.4. The summed E-state index contributed by atoms with van der Waals surface area (Å²) in [6, 6.07) is 4.56. The van der Waals surface area contributed by atoms with Crippen molar-refractivity contribution in [1.29, 1.82) is 0 Å². The van der Waals surface area contributed by atoms with Gasteiger partial charge in [-0.3, -0.25) is 0 Å². The van der Waals surface area contributed by atoms with Crippen molar-refractivity contribution in [3.8, 4) is 11.5 Å². The van der Waals surface area contributed by atoms with Gasteiger partial charge in [-0.2, -0.15) is 8.78 Å². The number of benzene rings is 2. The van der Waals surface area contributed by atoms with Crippen LogP contribution in [0.2, 0.25) is 0 Å². The lowest BCUT2D eigenvalue weighted by atomic mass is 9.77. The number of ether oxygens (including phenoxy) is 2. The van der Waals surface area contributed by atoms with Crippen LogP contribution >= 0.6 is 0 Å². The summed E-state index contributed by atoms with van der Waals surface area (Å²) in [5.41, 5.74) is 0.713. The van der Waals surface area contributed by atoms with E-state index in [-0.39, 0.29) is 36.2 Å². The molecule has 2 aromatic rings. The van der Waals surface area contributed by atoms with Crippen molar-refractivity contribution in [2.45, 2.75) is 76.7 Å². The van der Waals surface area contributed by atoms with Gasteiger partial charge in [0, 0.05) is 11.6 Å². The van der Waals surface area contributed by atoms with Crippen LogP contribution in [0.5, 0.6) is 11.5 Å². The molecule has 214 valence electrons. The summed E-state index contributed by atoms with van der Waals surface area (Å²) in [6.45, 7) is 1.65. The molecule has 0 unspecified atom stereocenters. The number of aryl methyl sites for hydroxylation is 1. The fraction of sp³-hybridized carbons (Fsp3) is 0.517. The molecule has 4 rings (SSSR count). The van der Waals surface area contributed by atoms with Crippen LogP contribution in [0.3, 0.4) is 0 Å². The molecular formula is C29H30F8O2. The van der Waals surface area contributed by atoms with Gasteiger partial charge in [-0.15, -0.1) is 13.2 Å². The third-order valence-corrected chi connectivity index (χ3v) is 7.69. The van der Waals surface area contributed by atoms with Gasteiger partial charge in [0.1, 0.15) is 17.4 Å². The molecule has 0 bridgehead atoms. The Morgan fingerprint density at radius 1 is 0.692 bits per heavy atom. The van der Waals surface area contributed by atoms with Crippen LogP contribution < -0.4 is 9.47 Å². The highest BCUT2D eigenvalue weighted by Gasteiger charge is 2.44. The van der Waals surface area contributed by atoms with Gasteiger partial charge < -0.3 is 9.47 Å². The SMILES string of the molecule is Cc1cc(F)c(C2CCC(/C=C/C3CCC(C(F)(F)Oc4ccc(OC(F)(F)F)c(F)c4)CC3)CC2)c(F)c1. The maximum atomic E-state index is 14.7. The first-order chi connectivity index (χ1) is 18.3. The minimum Gasteiger partial charge on any atom is -0.432 e. The van der Waals surface area contributed by atoms with E-state index in [2.05, 4.69) is 15.5 Å². The first kappa shape index (κ1) is 29.2. The number of alkyl halides is 5. The van der Waals surface area contributed by atoms with E-state index >= 15 is 0 Å². The summed E-state index contributed by atoms with van der Waals surface area (Å²) < 4.78 is 117. The van der Waals surface area contributed by atoms with Gasteiger partial charge in [0.05, 0.1) is 5.92 Å². The zero-order valence-electron chi connectivity index (χ0n) is 21.3. The van der Waals surface area contributed by atoms with Gasteiger partial charge in [-0.05, 0) is 106 Å². The highest BCUT2D eigenvalue weighted by Crippen LogP contribution is 2.42. The molecule has 0 aromatic heterocycles.